The predicted octanol–water partition coefficient (Wildman–Crippen LogP) is 5.16. The molecular weight excluding hydrogens is 274 g/mol. The van der Waals surface area contributed by atoms with Crippen molar-refractivity contribution in [2.24, 2.45) is 7.05 Å². The largest absolute Gasteiger partial charge is 0.346 e. The zero-order valence-corrected chi connectivity index (χ0v) is 13.3. The van der Waals surface area contributed by atoms with Gasteiger partial charge in [-0.05, 0) is 23.5 Å². The molecule has 2 heteroatoms. The second-order valence-corrected chi connectivity index (χ2v) is 6.02. The highest BCUT2D eigenvalue weighted by atomic mass is 32.2. The van der Waals surface area contributed by atoms with Crippen molar-refractivity contribution in [2.75, 3.05) is 6.26 Å². The van der Waals surface area contributed by atoms with Gasteiger partial charge in [-0.3, -0.25) is 0 Å². The van der Waals surface area contributed by atoms with Crippen molar-refractivity contribution in [1.82, 2.24) is 4.57 Å². The molecule has 1 heterocycles. The van der Waals surface area contributed by atoms with Crippen molar-refractivity contribution in [2.45, 2.75) is 11.3 Å². The molecule has 0 saturated carbocycles. The SMILES string of the molecule is C=C(Cc1c(SC)c2ccccc2n1C)c1ccccc1. The molecule has 0 radical (unpaired) electrons. The lowest BCUT2D eigenvalue weighted by Gasteiger charge is -2.09. The molecule has 1 aromatic heterocycles. The number of nitrogens with zero attached hydrogens (tertiary/aromatic N) is 1. The van der Waals surface area contributed by atoms with Gasteiger partial charge in [-0.25, -0.2) is 0 Å². The van der Waals surface area contributed by atoms with E-state index in [2.05, 4.69) is 73.0 Å². The number of benzene rings is 2. The molecule has 2 aromatic carbocycles. The molecule has 0 aliphatic carbocycles. The van der Waals surface area contributed by atoms with E-state index in [1.54, 1.807) is 0 Å². The quantitative estimate of drug-likeness (QED) is 0.602. The number of fused-ring (bicyclic) bond motifs is 1. The Bertz CT molecular complexity index is 784. The Balaban J connectivity index is 2.05. The van der Waals surface area contributed by atoms with Crippen molar-refractivity contribution in [3.63, 3.8) is 0 Å². The average molecular weight is 293 g/mol. The summed E-state index contributed by atoms with van der Waals surface area (Å²) in [6.07, 6.45) is 3.03. The predicted molar refractivity (Wildman–Crippen MR) is 93.9 cm³/mol. The normalized spacial score (nSPS) is 11.0. The molecule has 0 saturated heterocycles. The zero-order valence-electron chi connectivity index (χ0n) is 12.5. The van der Waals surface area contributed by atoms with Gasteiger partial charge in [0.05, 0.1) is 0 Å². The standard InChI is InChI=1S/C19H19NS/c1-14(15-9-5-4-6-10-15)13-18-19(21-3)16-11-7-8-12-17(16)20(18)2/h4-12H,1,13H2,2-3H3. The van der Waals surface area contributed by atoms with E-state index in [1.807, 2.05) is 17.8 Å². The van der Waals surface area contributed by atoms with Crippen LogP contribution in [0.2, 0.25) is 0 Å². The molecule has 0 N–H and O–H groups in total. The minimum Gasteiger partial charge on any atom is -0.346 e. The number of thioether (sulfide) groups is 1. The summed E-state index contributed by atoms with van der Waals surface area (Å²) in [5, 5.41) is 1.34. The van der Waals surface area contributed by atoms with Crippen LogP contribution >= 0.6 is 11.8 Å². The Morgan fingerprint density at radius 1 is 1.05 bits per heavy atom. The number of rotatable bonds is 4. The summed E-state index contributed by atoms with van der Waals surface area (Å²) in [4.78, 5) is 1.37. The molecule has 0 aliphatic rings. The Morgan fingerprint density at radius 3 is 2.43 bits per heavy atom. The number of hydrogen-bond donors (Lipinski definition) is 0. The Hall–Kier alpha value is -1.93. The summed E-state index contributed by atoms with van der Waals surface area (Å²) in [5.74, 6) is 0. The van der Waals surface area contributed by atoms with Crippen LogP contribution in [0.3, 0.4) is 0 Å². The van der Waals surface area contributed by atoms with Crippen LogP contribution < -0.4 is 0 Å². The lowest BCUT2D eigenvalue weighted by atomic mass is 10.0. The van der Waals surface area contributed by atoms with Crippen LogP contribution in [0.4, 0.5) is 0 Å². The van der Waals surface area contributed by atoms with Gasteiger partial charge in [0.25, 0.3) is 0 Å². The summed E-state index contributed by atoms with van der Waals surface area (Å²) < 4.78 is 2.30. The van der Waals surface area contributed by atoms with Crippen molar-refractivity contribution >= 4 is 28.2 Å². The summed E-state index contributed by atoms with van der Waals surface area (Å²) in [6, 6.07) is 19.0. The highest BCUT2D eigenvalue weighted by molar-refractivity contribution is 7.98. The van der Waals surface area contributed by atoms with Gasteiger partial charge < -0.3 is 4.57 Å². The number of hydrogen-bond acceptors (Lipinski definition) is 1. The average Bonchev–Trinajstić information content (AvgIpc) is 2.80. The molecule has 0 bridgehead atoms. The van der Waals surface area contributed by atoms with Crippen molar-refractivity contribution in [1.29, 1.82) is 0 Å². The minimum atomic E-state index is 0.880. The molecular formula is C19H19NS. The second-order valence-electron chi connectivity index (χ2n) is 5.20. The molecule has 21 heavy (non-hydrogen) atoms. The highest BCUT2D eigenvalue weighted by Gasteiger charge is 2.15. The van der Waals surface area contributed by atoms with Crippen LogP contribution in [0.1, 0.15) is 11.3 Å². The number of aryl methyl sites for hydroxylation is 1. The molecule has 0 spiro atoms. The van der Waals surface area contributed by atoms with Crippen molar-refractivity contribution in [3.05, 3.63) is 72.4 Å². The fraction of sp³-hybridized carbons (Fsp3) is 0.158. The van der Waals surface area contributed by atoms with Crippen molar-refractivity contribution in [3.8, 4) is 0 Å². The number of allylic oxidation sites excluding steroid dienone is 1. The summed E-state index contributed by atoms with van der Waals surface area (Å²) in [5.41, 5.74) is 5.02. The number of para-hydroxylation sites is 1. The molecule has 3 aromatic rings. The zero-order chi connectivity index (χ0) is 14.8. The first-order chi connectivity index (χ1) is 10.2. The van der Waals surface area contributed by atoms with E-state index < -0.39 is 0 Å². The van der Waals surface area contributed by atoms with Crippen molar-refractivity contribution < 1.29 is 0 Å². The van der Waals surface area contributed by atoms with Crippen LogP contribution in [-0.2, 0) is 13.5 Å². The van der Waals surface area contributed by atoms with Gasteiger partial charge in [-0.15, -0.1) is 11.8 Å². The molecule has 1 nitrogen and oxygen atoms in total. The fourth-order valence-corrected chi connectivity index (χ4v) is 3.65. The van der Waals surface area contributed by atoms with Gasteiger partial charge in [-0.2, -0.15) is 0 Å². The topological polar surface area (TPSA) is 4.93 Å². The molecule has 0 fully saturated rings. The molecule has 0 aliphatic heterocycles. The van der Waals surface area contributed by atoms with E-state index >= 15 is 0 Å². The fourth-order valence-electron chi connectivity index (χ4n) is 2.82. The van der Waals surface area contributed by atoms with Gasteiger partial charge >= 0.3 is 0 Å². The molecule has 0 atom stereocenters. The van der Waals surface area contributed by atoms with Gasteiger partial charge in [0, 0.05) is 35.0 Å². The molecule has 106 valence electrons. The molecule has 0 unspecified atom stereocenters. The second kappa shape index (κ2) is 5.82. The first-order valence-electron chi connectivity index (χ1n) is 7.06. The maximum atomic E-state index is 4.28. The molecule has 3 rings (SSSR count). The smallest absolute Gasteiger partial charge is 0.0491 e. The Labute approximate surface area is 130 Å². The van der Waals surface area contributed by atoms with Gasteiger partial charge in [0.15, 0.2) is 0 Å². The molecule has 0 amide bonds. The van der Waals surface area contributed by atoms with E-state index in [0.29, 0.717) is 0 Å². The van der Waals surface area contributed by atoms with Gasteiger partial charge in [0.2, 0.25) is 0 Å². The lowest BCUT2D eigenvalue weighted by Crippen LogP contribution is -1.99. The maximum absolute atomic E-state index is 4.28. The Kier molecular flexibility index (Phi) is 3.89. The highest BCUT2D eigenvalue weighted by Crippen LogP contribution is 2.34. The van der Waals surface area contributed by atoms with Crippen LogP contribution in [0.5, 0.6) is 0 Å². The van der Waals surface area contributed by atoms with Gasteiger partial charge in [-0.1, -0.05) is 55.1 Å². The van der Waals surface area contributed by atoms with Crippen LogP contribution in [0, 0.1) is 0 Å². The Morgan fingerprint density at radius 2 is 1.71 bits per heavy atom. The number of aromatic nitrogens is 1. The maximum Gasteiger partial charge on any atom is 0.0491 e. The van der Waals surface area contributed by atoms with Crippen LogP contribution in [0.15, 0.2) is 66.1 Å². The first kappa shape index (κ1) is 14.0. The summed E-state index contributed by atoms with van der Waals surface area (Å²) in [7, 11) is 2.15. The van der Waals surface area contributed by atoms with E-state index in [-0.39, 0.29) is 0 Å². The minimum absolute atomic E-state index is 0.880. The first-order valence-corrected chi connectivity index (χ1v) is 8.28. The lowest BCUT2D eigenvalue weighted by molar-refractivity contribution is 0.875. The monoisotopic (exact) mass is 293 g/mol. The van der Waals surface area contributed by atoms with Crippen LogP contribution in [0.25, 0.3) is 16.5 Å². The summed E-state index contributed by atoms with van der Waals surface area (Å²) >= 11 is 1.82. The van der Waals surface area contributed by atoms with Gasteiger partial charge in [0.1, 0.15) is 0 Å². The third-order valence-electron chi connectivity index (χ3n) is 3.94. The van der Waals surface area contributed by atoms with E-state index in [0.717, 1.165) is 12.0 Å². The van der Waals surface area contributed by atoms with E-state index in [9.17, 15) is 0 Å². The third-order valence-corrected chi connectivity index (χ3v) is 4.81. The van der Waals surface area contributed by atoms with Crippen LogP contribution in [-0.4, -0.2) is 10.8 Å². The van der Waals surface area contributed by atoms with E-state index in [4.69, 9.17) is 0 Å². The van der Waals surface area contributed by atoms with E-state index in [1.165, 1.54) is 27.1 Å². The third kappa shape index (κ3) is 2.52. The summed E-state index contributed by atoms with van der Waals surface area (Å²) in [6.45, 7) is 4.28.